The van der Waals surface area contributed by atoms with E-state index in [0.29, 0.717) is 22.8 Å². The number of pyridine rings is 1. The monoisotopic (exact) mass is 431 g/mol. The molecule has 0 radical (unpaired) electrons. The first-order chi connectivity index (χ1) is 14.7. The van der Waals surface area contributed by atoms with Crippen molar-refractivity contribution < 1.29 is 18.3 Å². The van der Waals surface area contributed by atoms with Gasteiger partial charge in [-0.25, -0.2) is 4.98 Å². The molecule has 0 unspecified atom stereocenters. The van der Waals surface area contributed by atoms with E-state index in [1.165, 1.54) is 6.07 Å². The molecule has 1 atom stereocenters. The number of anilines is 3. The molecule has 3 aromatic rings. The number of halogens is 3. The lowest BCUT2D eigenvalue weighted by Gasteiger charge is -2.21. The second-order valence-corrected chi connectivity index (χ2v) is 7.53. The van der Waals surface area contributed by atoms with Gasteiger partial charge in [0.05, 0.1) is 23.9 Å². The summed E-state index contributed by atoms with van der Waals surface area (Å²) in [4.78, 5) is 13.0. The van der Waals surface area contributed by atoms with Gasteiger partial charge in [0.25, 0.3) is 0 Å². The van der Waals surface area contributed by atoms with Gasteiger partial charge < -0.3 is 15.7 Å². The number of aliphatic hydroxyl groups is 1. The van der Waals surface area contributed by atoms with E-state index in [0.717, 1.165) is 17.7 Å². The van der Waals surface area contributed by atoms with E-state index in [2.05, 4.69) is 25.6 Å². The third kappa shape index (κ3) is 5.69. The minimum absolute atomic E-state index is 0.109. The van der Waals surface area contributed by atoms with Gasteiger partial charge in [-0.05, 0) is 42.7 Å². The number of hydrogen-bond acceptors (Lipinski definition) is 6. The van der Waals surface area contributed by atoms with Gasteiger partial charge in [0.1, 0.15) is 5.82 Å². The summed E-state index contributed by atoms with van der Waals surface area (Å²) in [6.07, 6.45) is -1.18. The molecule has 0 saturated heterocycles. The van der Waals surface area contributed by atoms with Gasteiger partial charge in [-0.3, -0.25) is 4.98 Å². The molecule has 3 N–H and O–H groups in total. The zero-order valence-corrected chi connectivity index (χ0v) is 17.4. The van der Waals surface area contributed by atoms with Crippen LogP contribution in [0.15, 0.2) is 48.8 Å². The lowest BCUT2D eigenvalue weighted by Crippen LogP contribution is -2.30. The normalized spacial score (nSPS) is 12.6. The van der Waals surface area contributed by atoms with Gasteiger partial charge in [0.15, 0.2) is 0 Å². The maximum atomic E-state index is 13.2. The van der Waals surface area contributed by atoms with Crippen molar-refractivity contribution in [1.82, 2.24) is 15.0 Å². The van der Waals surface area contributed by atoms with Crippen LogP contribution in [0.5, 0.6) is 0 Å². The number of benzene rings is 1. The van der Waals surface area contributed by atoms with Gasteiger partial charge >= 0.3 is 6.18 Å². The molecule has 164 valence electrons. The van der Waals surface area contributed by atoms with Crippen LogP contribution in [0.25, 0.3) is 11.3 Å². The Labute approximate surface area is 178 Å². The van der Waals surface area contributed by atoms with Crippen molar-refractivity contribution in [1.29, 1.82) is 0 Å². The van der Waals surface area contributed by atoms with E-state index in [1.807, 2.05) is 19.9 Å². The van der Waals surface area contributed by atoms with Crippen molar-refractivity contribution in [2.24, 2.45) is 5.92 Å². The van der Waals surface area contributed by atoms with Crippen LogP contribution in [0.3, 0.4) is 0 Å². The van der Waals surface area contributed by atoms with Crippen LogP contribution in [0.4, 0.5) is 30.6 Å². The molecule has 0 saturated carbocycles. The Morgan fingerprint density at radius 1 is 1.10 bits per heavy atom. The van der Waals surface area contributed by atoms with Crippen molar-refractivity contribution in [2.45, 2.75) is 33.0 Å². The van der Waals surface area contributed by atoms with Gasteiger partial charge in [0.2, 0.25) is 5.95 Å². The lowest BCUT2D eigenvalue weighted by molar-refractivity contribution is -0.137. The molecule has 9 heteroatoms. The summed E-state index contributed by atoms with van der Waals surface area (Å²) in [6.45, 7) is 5.49. The molecule has 6 nitrogen and oxygen atoms in total. The molecule has 2 aromatic heterocycles. The van der Waals surface area contributed by atoms with Gasteiger partial charge in [-0.2, -0.15) is 18.2 Å². The fourth-order valence-electron chi connectivity index (χ4n) is 2.90. The first-order valence-electron chi connectivity index (χ1n) is 9.79. The number of nitrogens with one attached hydrogen (secondary N) is 2. The van der Waals surface area contributed by atoms with Crippen molar-refractivity contribution in [3.05, 3.63) is 59.9 Å². The molecular weight excluding hydrogens is 407 g/mol. The fraction of sp³-hybridized carbons (Fsp3) is 0.318. The Morgan fingerprint density at radius 2 is 1.87 bits per heavy atom. The Balaban J connectivity index is 2.02. The Bertz CT molecular complexity index is 1030. The first-order valence-corrected chi connectivity index (χ1v) is 9.79. The maximum absolute atomic E-state index is 13.2. The lowest BCUT2D eigenvalue weighted by atomic mass is 10.1. The summed E-state index contributed by atoms with van der Waals surface area (Å²) in [5.74, 6) is 0.679. The zero-order valence-electron chi connectivity index (χ0n) is 17.4. The SMILES string of the molecule is Cc1ccc(C(F)(F)F)cc1Nc1cc(-c2cccnc2)nc(N[C@H](CO)C(C)C)n1. The maximum Gasteiger partial charge on any atom is 0.416 e. The predicted molar refractivity (Wildman–Crippen MR) is 114 cm³/mol. The predicted octanol–water partition coefficient (Wildman–Crippen LogP) is 5.04. The summed E-state index contributed by atoms with van der Waals surface area (Å²) in [7, 11) is 0. The molecule has 0 fully saturated rings. The van der Waals surface area contributed by atoms with Gasteiger partial charge in [0, 0.05) is 29.7 Å². The van der Waals surface area contributed by atoms with Crippen LogP contribution in [-0.2, 0) is 6.18 Å². The quantitative estimate of drug-likeness (QED) is 0.486. The van der Waals surface area contributed by atoms with E-state index in [1.54, 1.807) is 31.5 Å². The van der Waals surface area contributed by atoms with Crippen LogP contribution >= 0.6 is 0 Å². The van der Waals surface area contributed by atoms with Crippen LogP contribution in [0.2, 0.25) is 0 Å². The molecular formula is C22H24F3N5O. The van der Waals surface area contributed by atoms with Crippen molar-refractivity contribution in [3.8, 4) is 11.3 Å². The average Bonchev–Trinajstić information content (AvgIpc) is 2.73. The summed E-state index contributed by atoms with van der Waals surface area (Å²) in [5.41, 5.74) is 1.44. The number of hydrogen-bond donors (Lipinski definition) is 3. The Kier molecular flexibility index (Phi) is 6.74. The number of aryl methyl sites for hydroxylation is 1. The molecule has 0 aliphatic carbocycles. The van der Waals surface area contributed by atoms with E-state index < -0.39 is 11.7 Å². The second kappa shape index (κ2) is 9.30. The van der Waals surface area contributed by atoms with Crippen LogP contribution in [-0.4, -0.2) is 32.7 Å². The topological polar surface area (TPSA) is 83.0 Å². The van der Waals surface area contributed by atoms with E-state index in [4.69, 9.17) is 0 Å². The fourth-order valence-corrected chi connectivity index (χ4v) is 2.90. The molecule has 0 bridgehead atoms. The second-order valence-electron chi connectivity index (χ2n) is 7.53. The smallest absolute Gasteiger partial charge is 0.394 e. The molecule has 0 amide bonds. The molecule has 1 aromatic carbocycles. The molecule has 0 aliphatic rings. The number of alkyl halides is 3. The Hall–Kier alpha value is -3.20. The minimum atomic E-state index is -4.45. The van der Waals surface area contributed by atoms with E-state index in [9.17, 15) is 18.3 Å². The number of aromatic nitrogens is 3. The standard InChI is InChI=1S/C22H24F3N5O/c1-13(2)19(12-31)29-21-28-18(15-5-4-8-26-11-15)10-20(30-21)27-17-9-16(22(23,24)25)7-6-14(17)3/h4-11,13,19,31H,12H2,1-3H3,(H2,27,28,29,30)/t19-/m1/s1. The Morgan fingerprint density at radius 3 is 2.48 bits per heavy atom. The van der Waals surface area contributed by atoms with Crippen LogP contribution in [0, 0.1) is 12.8 Å². The number of aliphatic hydroxyl groups excluding tert-OH is 1. The molecule has 0 aliphatic heterocycles. The molecule has 2 heterocycles. The molecule has 31 heavy (non-hydrogen) atoms. The van der Waals surface area contributed by atoms with Gasteiger partial charge in [-0.1, -0.05) is 19.9 Å². The number of nitrogens with zero attached hydrogens (tertiary/aromatic N) is 3. The highest BCUT2D eigenvalue weighted by Gasteiger charge is 2.30. The highest BCUT2D eigenvalue weighted by Crippen LogP contribution is 2.33. The third-order valence-corrected chi connectivity index (χ3v) is 4.83. The van der Waals surface area contributed by atoms with E-state index in [-0.39, 0.29) is 24.5 Å². The third-order valence-electron chi connectivity index (χ3n) is 4.83. The summed E-state index contributed by atoms with van der Waals surface area (Å²) in [5, 5.41) is 15.7. The van der Waals surface area contributed by atoms with Gasteiger partial charge in [-0.15, -0.1) is 0 Å². The van der Waals surface area contributed by atoms with E-state index >= 15 is 0 Å². The first kappa shape index (κ1) is 22.5. The molecule has 0 spiro atoms. The largest absolute Gasteiger partial charge is 0.416 e. The van der Waals surface area contributed by atoms with Crippen molar-refractivity contribution in [2.75, 3.05) is 17.2 Å². The van der Waals surface area contributed by atoms with Crippen molar-refractivity contribution >= 4 is 17.5 Å². The average molecular weight is 431 g/mol. The van der Waals surface area contributed by atoms with Crippen LogP contribution < -0.4 is 10.6 Å². The zero-order chi connectivity index (χ0) is 22.6. The minimum Gasteiger partial charge on any atom is -0.394 e. The molecule has 3 rings (SSSR count). The highest BCUT2D eigenvalue weighted by molar-refractivity contribution is 5.68. The summed E-state index contributed by atoms with van der Waals surface area (Å²) >= 11 is 0. The summed E-state index contributed by atoms with van der Waals surface area (Å²) in [6, 6.07) is 8.46. The number of rotatable bonds is 7. The van der Waals surface area contributed by atoms with Crippen LogP contribution in [0.1, 0.15) is 25.0 Å². The van der Waals surface area contributed by atoms with Crippen molar-refractivity contribution in [3.63, 3.8) is 0 Å². The summed E-state index contributed by atoms with van der Waals surface area (Å²) < 4.78 is 39.5. The highest BCUT2D eigenvalue weighted by atomic mass is 19.4.